The van der Waals surface area contributed by atoms with Crippen LogP contribution >= 0.6 is 23.2 Å². The second-order valence-electron chi connectivity index (χ2n) is 4.15. The minimum absolute atomic E-state index is 0.332. The maximum Gasteiger partial charge on any atom is 0.127 e. The van der Waals surface area contributed by atoms with Crippen LogP contribution in [0.3, 0.4) is 0 Å². The highest BCUT2D eigenvalue weighted by Crippen LogP contribution is 2.31. The molecule has 0 aliphatic carbocycles. The summed E-state index contributed by atoms with van der Waals surface area (Å²) in [5.74, 6) is 0.392. The summed E-state index contributed by atoms with van der Waals surface area (Å²) < 4.78 is 18.8. The Hall–Kier alpha value is -1.25. The summed E-state index contributed by atoms with van der Waals surface area (Å²) in [7, 11) is 1.59. The van der Waals surface area contributed by atoms with Crippen molar-refractivity contribution in [3.63, 3.8) is 0 Å². The Balaban J connectivity index is 2.23. The van der Waals surface area contributed by atoms with Gasteiger partial charge in [0.05, 0.1) is 12.5 Å². The first-order valence-electron chi connectivity index (χ1n) is 5.82. The average molecular weight is 299 g/mol. The van der Waals surface area contributed by atoms with Crippen LogP contribution in [-0.4, -0.2) is 7.11 Å². The van der Waals surface area contributed by atoms with Crippen LogP contribution in [0.5, 0.6) is 5.75 Å². The minimum Gasteiger partial charge on any atom is -0.497 e. The molecule has 0 bridgehead atoms. The maximum atomic E-state index is 13.7. The van der Waals surface area contributed by atoms with Crippen LogP contribution in [0.25, 0.3) is 0 Å². The van der Waals surface area contributed by atoms with Gasteiger partial charge in [-0.15, -0.1) is 11.6 Å². The van der Waals surface area contributed by atoms with Gasteiger partial charge in [-0.3, -0.25) is 0 Å². The molecule has 0 aliphatic rings. The summed E-state index contributed by atoms with van der Waals surface area (Å²) in [6.07, 6.45) is 0.334. The highest BCUT2D eigenvalue weighted by atomic mass is 35.5. The normalized spacial score (nSPS) is 12.2. The molecule has 2 aromatic rings. The van der Waals surface area contributed by atoms with Crippen molar-refractivity contribution in [2.45, 2.75) is 11.8 Å². The zero-order valence-electron chi connectivity index (χ0n) is 10.4. The molecule has 0 fully saturated rings. The van der Waals surface area contributed by atoms with E-state index < -0.39 is 0 Å². The van der Waals surface area contributed by atoms with Gasteiger partial charge in [-0.05, 0) is 36.2 Å². The van der Waals surface area contributed by atoms with E-state index in [4.69, 9.17) is 27.9 Å². The fraction of sp³-hybridized carbons (Fsp3) is 0.200. The highest BCUT2D eigenvalue weighted by molar-refractivity contribution is 6.31. The van der Waals surface area contributed by atoms with Gasteiger partial charge in [-0.2, -0.15) is 0 Å². The van der Waals surface area contributed by atoms with Crippen LogP contribution in [-0.2, 0) is 6.42 Å². The fourth-order valence-corrected chi connectivity index (χ4v) is 2.39. The average Bonchev–Trinajstić information content (AvgIpc) is 2.43. The number of benzene rings is 2. The lowest BCUT2D eigenvalue weighted by Crippen LogP contribution is -2.00. The van der Waals surface area contributed by atoms with Gasteiger partial charge in [-0.25, -0.2) is 4.39 Å². The van der Waals surface area contributed by atoms with Crippen LogP contribution in [0.2, 0.25) is 5.02 Å². The van der Waals surface area contributed by atoms with Crippen LogP contribution in [0.15, 0.2) is 42.5 Å². The number of ether oxygens (including phenoxy) is 1. The van der Waals surface area contributed by atoms with Crippen LogP contribution in [0.4, 0.5) is 4.39 Å². The number of rotatable bonds is 4. The quantitative estimate of drug-likeness (QED) is 0.721. The summed E-state index contributed by atoms with van der Waals surface area (Å²) in [6.45, 7) is 0. The van der Waals surface area contributed by atoms with Crippen molar-refractivity contribution in [3.05, 3.63) is 64.4 Å². The predicted molar refractivity (Wildman–Crippen MR) is 76.7 cm³/mol. The minimum atomic E-state index is -0.357. The molecule has 19 heavy (non-hydrogen) atoms. The molecule has 0 aromatic heterocycles. The molecular formula is C15H13Cl2FO. The standard InChI is InChI=1S/C15H13Cl2FO/c1-19-11-5-2-4-10(8-11)14(17)9-12-13(16)6-3-7-15(12)18/h2-8,14H,9H2,1H3. The lowest BCUT2D eigenvalue weighted by Gasteiger charge is -2.13. The van der Waals surface area contributed by atoms with Gasteiger partial charge in [0, 0.05) is 10.6 Å². The van der Waals surface area contributed by atoms with Crippen molar-refractivity contribution >= 4 is 23.2 Å². The molecule has 0 aliphatic heterocycles. The Kier molecular flexibility index (Phi) is 4.67. The molecule has 1 atom stereocenters. The van der Waals surface area contributed by atoms with Crippen LogP contribution in [0, 0.1) is 5.82 Å². The second-order valence-corrected chi connectivity index (χ2v) is 5.08. The first-order valence-corrected chi connectivity index (χ1v) is 6.64. The zero-order valence-corrected chi connectivity index (χ0v) is 11.9. The van der Waals surface area contributed by atoms with E-state index in [9.17, 15) is 4.39 Å². The first kappa shape index (κ1) is 14.2. The van der Waals surface area contributed by atoms with Gasteiger partial charge < -0.3 is 4.74 Å². The largest absolute Gasteiger partial charge is 0.497 e. The molecule has 2 aromatic carbocycles. The van der Waals surface area contributed by atoms with E-state index in [-0.39, 0.29) is 11.2 Å². The molecule has 0 N–H and O–H groups in total. The first-order chi connectivity index (χ1) is 9.11. The van der Waals surface area contributed by atoms with E-state index in [1.807, 2.05) is 24.3 Å². The molecule has 0 amide bonds. The topological polar surface area (TPSA) is 9.23 Å². The number of hydrogen-bond donors (Lipinski definition) is 0. The summed E-state index contributed by atoms with van der Waals surface area (Å²) in [4.78, 5) is 0. The summed E-state index contributed by atoms with van der Waals surface area (Å²) in [5.41, 5.74) is 1.31. The molecule has 1 nitrogen and oxygen atoms in total. The third-order valence-electron chi connectivity index (χ3n) is 2.90. The molecule has 0 radical (unpaired) electrons. The smallest absolute Gasteiger partial charge is 0.127 e. The maximum absolute atomic E-state index is 13.7. The Bertz CT molecular complexity index is 552. The van der Waals surface area contributed by atoms with Crippen molar-refractivity contribution in [2.75, 3.05) is 7.11 Å². The Labute approximate surface area is 121 Å². The molecule has 4 heteroatoms. The molecule has 0 spiro atoms. The number of methoxy groups -OCH3 is 1. The van der Waals surface area contributed by atoms with Crippen molar-refractivity contribution in [1.82, 2.24) is 0 Å². The molecular weight excluding hydrogens is 286 g/mol. The van der Waals surface area contributed by atoms with E-state index in [2.05, 4.69) is 0 Å². The third-order valence-corrected chi connectivity index (χ3v) is 3.66. The van der Waals surface area contributed by atoms with Crippen LogP contribution < -0.4 is 4.74 Å². The van der Waals surface area contributed by atoms with E-state index in [1.54, 1.807) is 19.2 Å². The number of halogens is 3. The lowest BCUT2D eigenvalue weighted by atomic mass is 10.0. The summed E-state index contributed by atoms with van der Waals surface area (Å²) >= 11 is 12.3. The van der Waals surface area contributed by atoms with E-state index >= 15 is 0 Å². The van der Waals surface area contributed by atoms with Gasteiger partial charge in [0.1, 0.15) is 11.6 Å². The van der Waals surface area contributed by atoms with Gasteiger partial charge in [0.25, 0.3) is 0 Å². The van der Waals surface area contributed by atoms with Gasteiger partial charge in [0.15, 0.2) is 0 Å². The predicted octanol–water partition coefficient (Wildman–Crippen LogP) is 5.01. The van der Waals surface area contributed by atoms with Crippen molar-refractivity contribution in [3.8, 4) is 5.75 Å². The van der Waals surface area contributed by atoms with E-state index in [1.165, 1.54) is 6.07 Å². The Morgan fingerprint density at radius 2 is 1.95 bits per heavy atom. The van der Waals surface area contributed by atoms with E-state index in [0.29, 0.717) is 17.0 Å². The van der Waals surface area contributed by atoms with Gasteiger partial charge in [-0.1, -0.05) is 29.8 Å². The molecule has 0 saturated heterocycles. The molecule has 0 saturated carbocycles. The molecule has 2 rings (SSSR count). The molecule has 1 unspecified atom stereocenters. The zero-order chi connectivity index (χ0) is 13.8. The third kappa shape index (κ3) is 3.40. The highest BCUT2D eigenvalue weighted by Gasteiger charge is 2.15. The fourth-order valence-electron chi connectivity index (χ4n) is 1.86. The van der Waals surface area contributed by atoms with Crippen molar-refractivity contribution in [2.24, 2.45) is 0 Å². The number of alkyl halides is 1. The van der Waals surface area contributed by atoms with Crippen LogP contribution in [0.1, 0.15) is 16.5 Å². The van der Waals surface area contributed by atoms with Crippen molar-refractivity contribution in [1.29, 1.82) is 0 Å². The van der Waals surface area contributed by atoms with Crippen molar-refractivity contribution < 1.29 is 9.13 Å². The SMILES string of the molecule is COc1cccc(C(Cl)Cc2c(F)cccc2Cl)c1. The van der Waals surface area contributed by atoms with E-state index in [0.717, 1.165) is 11.3 Å². The Morgan fingerprint density at radius 3 is 2.63 bits per heavy atom. The molecule has 0 heterocycles. The summed E-state index contributed by atoms with van der Waals surface area (Å²) in [5, 5.41) is 0.0399. The monoisotopic (exact) mass is 298 g/mol. The Morgan fingerprint density at radius 1 is 1.21 bits per heavy atom. The van der Waals surface area contributed by atoms with Gasteiger partial charge >= 0.3 is 0 Å². The summed E-state index contributed by atoms with van der Waals surface area (Å²) in [6, 6.07) is 12.0. The second kappa shape index (κ2) is 6.27. The number of hydrogen-bond acceptors (Lipinski definition) is 1. The lowest BCUT2D eigenvalue weighted by molar-refractivity contribution is 0.414. The molecule has 100 valence electrons. The van der Waals surface area contributed by atoms with Gasteiger partial charge in [0.2, 0.25) is 0 Å².